The molecule has 0 aromatic heterocycles. The van der Waals surface area contributed by atoms with Gasteiger partial charge in [0, 0.05) is 18.0 Å². The van der Waals surface area contributed by atoms with E-state index in [4.69, 9.17) is 0 Å². The van der Waals surface area contributed by atoms with Gasteiger partial charge in [0.2, 0.25) is 0 Å². The SMILES string of the molecule is C[C@@H](c1ccccc1)N1C[C@@H]1C(=O)C(C)(C)C. The average molecular weight is 231 g/mol. The molecule has 2 heteroatoms. The molecule has 1 aromatic rings. The van der Waals surface area contributed by atoms with Gasteiger partial charge in [0.15, 0.2) is 5.78 Å². The molecule has 1 aliphatic heterocycles. The molecule has 0 aliphatic carbocycles. The van der Waals surface area contributed by atoms with Crippen molar-refractivity contribution >= 4 is 5.78 Å². The Kier molecular flexibility index (Phi) is 3.09. The van der Waals surface area contributed by atoms with Gasteiger partial charge >= 0.3 is 0 Å². The third-order valence-corrected chi connectivity index (χ3v) is 3.47. The molecule has 0 amide bonds. The average Bonchev–Trinajstić information content (AvgIpc) is 3.07. The zero-order valence-electron chi connectivity index (χ0n) is 11.1. The highest BCUT2D eigenvalue weighted by molar-refractivity contribution is 5.91. The normalized spacial score (nSPS) is 25.4. The van der Waals surface area contributed by atoms with Crippen LogP contribution in [0.5, 0.6) is 0 Å². The summed E-state index contributed by atoms with van der Waals surface area (Å²) in [6, 6.07) is 10.9. The molecule has 2 rings (SSSR count). The maximum atomic E-state index is 12.1. The summed E-state index contributed by atoms with van der Waals surface area (Å²) in [4.78, 5) is 14.4. The van der Waals surface area contributed by atoms with Crippen molar-refractivity contribution in [1.29, 1.82) is 0 Å². The smallest absolute Gasteiger partial charge is 0.156 e. The van der Waals surface area contributed by atoms with Crippen LogP contribution in [0.2, 0.25) is 0 Å². The summed E-state index contributed by atoms with van der Waals surface area (Å²) in [5.74, 6) is 0.361. The molecule has 17 heavy (non-hydrogen) atoms. The molecule has 0 bridgehead atoms. The Hall–Kier alpha value is -1.15. The summed E-state index contributed by atoms with van der Waals surface area (Å²) in [5.41, 5.74) is 1.06. The fraction of sp³-hybridized carbons (Fsp3) is 0.533. The van der Waals surface area contributed by atoms with E-state index in [0.29, 0.717) is 11.8 Å². The van der Waals surface area contributed by atoms with Gasteiger partial charge < -0.3 is 0 Å². The Morgan fingerprint density at radius 1 is 1.29 bits per heavy atom. The monoisotopic (exact) mass is 231 g/mol. The van der Waals surface area contributed by atoms with Crippen LogP contribution >= 0.6 is 0 Å². The summed E-state index contributed by atoms with van der Waals surface area (Å²) in [6.45, 7) is 9.08. The minimum atomic E-state index is -0.226. The second-order valence-electron chi connectivity index (χ2n) is 5.91. The Morgan fingerprint density at radius 2 is 1.88 bits per heavy atom. The van der Waals surface area contributed by atoms with Crippen molar-refractivity contribution in [1.82, 2.24) is 4.90 Å². The molecule has 1 heterocycles. The van der Waals surface area contributed by atoms with E-state index in [-0.39, 0.29) is 11.5 Å². The molecule has 0 N–H and O–H groups in total. The standard InChI is InChI=1S/C15H21NO/c1-11(12-8-6-5-7-9-12)16-10-13(16)14(17)15(2,3)4/h5-9,11,13H,10H2,1-4H3/t11-,13+,16?/m0/s1. The summed E-state index contributed by atoms with van der Waals surface area (Å²) in [7, 11) is 0. The fourth-order valence-corrected chi connectivity index (χ4v) is 2.24. The third kappa shape index (κ3) is 2.58. The first-order valence-corrected chi connectivity index (χ1v) is 6.26. The first-order valence-electron chi connectivity index (χ1n) is 6.26. The van der Waals surface area contributed by atoms with Gasteiger partial charge in [0.1, 0.15) is 0 Å². The van der Waals surface area contributed by atoms with Crippen molar-refractivity contribution in [3.05, 3.63) is 35.9 Å². The molecule has 1 aromatic carbocycles. The van der Waals surface area contributed by atoms with Gasteiger partial charge in [-0.3, -0.25) is 9.69 Å². The molecule has 1 unspecified atom stereocenters. The summed E-state index contributed by atoms with van der Waals surface area (Å²) < 4.78 is 0. The molecule has 1 saturated heterocycles. The van der Waals surface area contributed by atoms with Crippen LogP contribution in [0.4, 0.5) is 0 Å². The van der Waals surface area contributed by atoms with E-state index >= 15 is 0 Å². The van der Waals surface area contributed by atoms with Crippen molar-refractivity contribution < 1.29 is 4.79 Å². The first-order chi connectivity index (χ1) is 7.91. The molecule has 0 saturated carbocycles. The van der Waals surface area contributed by atoms with Crippen LogP contribution in [-0.4, -0.2) is 23.3 Å². The molecule has 92 valence electrons. The number of Topliss-reactive ketones (excluding diaryl/α,β-unsaturated/α-hetero) is 1. The van der Waals surface area contributed by atoms with Gasteiger partial charge in [0.05, 0.1) is 6.04 Å². The number of hydrogen-bond donors (Lipinski definition) is 0. The van der Waals surface area contributed by atoms with E-state index in [1.807, 2.05) is 26.8 Å². The van der Waals surface area contributed by atoms with Crippen LogP contribution in [0.1, 0.15) is 39.3 Å². The number of nitrogens with zero attached hydrogens (tertiary/aromatic N) is 1. The zero-order valence-corrected chi connectivity index (χ0v) is 11.1. The molecule has 1 aliphatic rings. The number of rotatable bonds is 3. The Bertz CT molecular complexity index is 405. The Balaban J connectivity index is 2.02. The maximum absolute atomic E-state index is 12.1. The minimum absolute atomic E-state index is 0.130. The highest BCUT2D eigenvalue weighted by atomic mass is 16.1. The highest BCUT2D eigenvalue weighted by Crippen LogP contribution is 2.35. The lowest BCUT2D eigenvalue weighted by atomic mass is 9.89. The van der Waals surface area contributed by atoms with Crippen LogP contribution < -0.4 is 0 Å². The van der Waals surface area contributed by atoms with Crippen molar-refractivity contribution in [3.63, 3.8) is 0 Å². The van der Waals surface area contributed by atoms with Crippen LogP contribution in [-0.2, 0) is 4.79 Å². The molecule has 2 nitrogen and oxygen atoms in total. The van der Waals surface area contributed by atoms with E-state index in [9.17, 15) is 4.79 Å². The molecule has 1 fully saturated rings. The van der Waals surface area contributed by atoms with E-state index < -0.39 is 0 Å². The second-order valence-corrected chi connectivity index (χ2v) is 5.91. The van der Waals surface area contributed by atoms with Gasteiger partial charge in [-0.2, -0.15) is 0 Å². The fourth-order valence-electron chi connectivity index (χ4n) is 2.24. The number of carbonyl (C=O) groups excluding carboxylic acids is 1. The molecular weight excluding hydrogens is 210 g/mol. The van der Waals surface area contributed by atoms with E-state index in [0.717, 1.165) is 6.54 Å². The highest BCUT2D eigenvalue weighted by Gasteiger charge is 2.46. The second kappa shape index (κ2) is 4.26. The van der Waals surface area contributed by atoms with Gasteiger partial charge in [-0.05, 0) is 12.5 Å². The van der Waals surface area contributed by atoms with Gasteiger partial charge in [0.25, 0.3) is 0 Å². The van der Waals surface area contributed by atoms with Crippen LogP contribution in [0.15, 0.2) is 30.3 Å². The Morgan fingerprint density at radius 3 is 2.41 bits per heavy atom. The predicted molar refractivity (Wildman–Crippen MR) is 69.8 cm³/mol. The van der Waals surface area contributed by atoms with Crippen molar-refractivity contribution in [3.8, 4) is 0 Å². The summed E-state index contributed by atoms with van der Waals surface area (Å²) in [6.07, 6.45) is 0. The lowest BCUT2D eigenvalue weighted by Gasteiger charge is -2.19. The number of hydrogen-bond acceptors (Lipinski definition) is 2. The molecule has 3 atom stereocenters. The van der Waals surface area contributed by atoms with Crippen LogP contribution in [0.25, 0.3) is 0 Å². The van der Waals surface area contributed by atoms with Crippen molar-refractivity contribution in [2.75, 3.05) is 6.54 Å². The lowest BCUT2D eigenvalue weighted by molar-refractivity contribution is -0.126. The summed E-state index contributed by atoms with van der Waals surface area (Å²) in [5, 5.41) is 0. The largest absolute Gasteiger partial charge is 0.297 e. The predicted octanol–water partition coefficient (Wildman–Crippen LogP) is 3.05. The number of benzene rings is 1. The maximum Gasteiger partial charge on any atom is 0.156 e. The number of carbonyl (C=O) groups is 1. The lowest BCUT2D eigenvalue weighted by Crippen LogP contribution is -2.28. The topological polar surface area (TPSA) is 20.1 Å². The van der Waals surface area contributed by atoms with Crippen LogP contribution in [0, 0.1) is 5.41 Å². The molecule has 0 spiro atoms. The van der Waals surface area contributed by atoms with Gasteiger partial charge in [-0.15, -0.1) is 0 Å². The molecular formula is C15H21NO. The first kappa shape index (κ1) is 12.3. The van der Waals surface area contributed by atoms with E-state index in [1.54, 1.807) is 0 Å². The summed E-state index contributed by atoms with van der Waals surface area (Å²) >= 11 is 0. The Labute approximate surface area is 104 Å². The van der Waals surface area contributed by atoms with Gasteiger partial charge in [-0.1, -0.05) is 51.1 Å². The van der Waals surface area contributed by atoms with Gasteiger partial charge in [-0.25, -0.2) is 0 Å². The quantitative estimate of drug-likeness (QED) is 0.745. The zero-order chi connectivity index (χ0) is 12.6. The molecule has 0 radical (unpaired) electrons. The van der Waals surface area contributed by atoms with E-state index in [2.05, 4.69) is 36.1 Å². The van der Waals surface area contributed by atoms with Crippen molar-refractivity contribution in [2.24, 2.45) is 5.41 Å². The third-order valence-electron chi connectivity index (χ3n) is 3.47. The van der Waals surface area contributed by atoms with Crippen LogP contribution in [0.3, 0.4) is 0 Å². The minimum Gasteiger partial charge on any atom is -0.297 e. The van der Waals surface area contributed by atoms with E-state index in [1.165, 1.54) is 5.56 Å². The van der Waals surface area contributed by atoms with Crippen molar-refractivity contribution in [2.45, 2.75) is 39.8 Å². The number of ketones is 1.